The number of ether oxygens (including phenoxy) is 1. The summed E-state index contributed by atoms with van der Waals surface area (Å²) < 4.78 is 5.79. The summed E-state index contributed by atoms with van der Waals surface area (Å²) in [7, 11) is 1.86. The van der Waals surface area contributed by atoms with Gasteiger partial charge in [0.05, 0.1) is 12.7 Å². The number of carbonyl (C=O) groups excluding carboxylic acids is 1. The first-order valence-electron chi connectivity index (χ1n) is 10.6. The van der Waals surface area contributed by atoms with Gasteiger partial charge in [0.15, 0.2) is 0 Å². The molecular weight excluding hydrogens is 312 g/mol. The number of methoxy groups -OCH3 is 1. The molecule has 142 valence electrons. The minimum absolute atomic E-state index is 0.103. The molecule has 0 amide bonds. The molecule has 3 nitrogen and oxygen atoms in total. The molecule has 4 rings (SSSR count). The van der Waals surface area contributed by atoms with E-state index in [0.29, 0.717) is 17.6 Å². The molecule has 0 aromatic carbocycles. The number of aliphatic hydroxyl groups is 1. The molecule has 1 N–H and O–H groups in total. The Hall–Kier alpha value is -0.410. The summed E-state index contributed by atoms with van der Waals surface area (Å²) in [4.78, 5) is 12.2. The first kappa shape index (κ1) is 18.0. The van der Waals surface area contributed by atoms with Gasteiger partial charge in [0.25, 0.3) is 0 Å². The number of rotatable bonds is 3. The zero-order valence-corrected chi connectivity index (χ0v) is 16.3. The van der Waals surface area contributed by atoms with Gasteiger partial charge in [-0.25, -0.2) is 0 Å². The second-order valence-electron chi connectivity index (χ2n) is 10.0. The number of hydrogen-bond acceptors (Lipinski definition) is 3. The summed E-state index contributed by atoms with van der Waals surface area (Å²) in [5.74, 6) is 3.58. The third-order valence-electron chi connectivity index (χ3n) is 9.24. The lowest BCUT2D eigenvalue weighted by atomic mass is 9.44. The van der Waals surface area contributed by atoms with Crippen molar-refractivity contribution in [2.24, 2.45) is 40.4 Å². The van der Waals surface area contributed by atoms with Crippen LogP contribution in [0, 0.1) is 40.4 Å². The standard InChI is InChI=1S/C22H36O3/c1-14(23)18-6-7-19-17-5-4-15-12-16(24)8-11-22(15,13-25-3)20(17)9-10-21(18,19)2/h15-20,24H,4-13H2,1-3H3. The highest BCUT2D eigenvalue weighted by atomic mass is 16.5. The van der Waals surface area contributed by atoms with Crippen LogP contribution in [0.1, 0.15) is 71.6 Å². The van der Waals surface area contributed by atoms with E-state index in [9.17, 15) is 9.90 Å². The van der Waals surface area contributed by atoms with Crippen molar-refractivity contribution in [1.82, 2.24) is 0 Å². The Labute approximate surface area is 152 Å². The van der Waals surface area contributed by atoms with E-state index in [4.69, 9.17) is 4.74 Å². The Morgan fingerprint density at radius 3 is 2.60 bits per heavy atom. The lowest BCUT2D eigenvalue weighted by molar-refractivity contribution is -0.160. The van der Waals surface area contributed by atoms with Crippen LogP contribution in [0.25, 0.3) is 0 Å². The molecular formula is C22H36O3. The molecule has 0 aromatic heterocycles. The van der Waals surface area contributed by atoms with Gasteiger partial charge in [-0.3, -0.25) is 4.79 Å². The van der Waals surface area contributed by atoms with Crippen molar-refractivity contribution in [3.8, 4) is 0 Å². The summed E-state index contributed by atoms with van der Waals surface area (Å²) in [6.07, 6.45) is 10.3. The SMILES string of the molecule is COCC12CCC(O)CC1CCC1C3CCC(C(C)=O)C3(C)CCC12. The largest absolute Gasteiger partial charge is 0.393 e. The topological polar surface area (TPSA) is 46.5 Å². The van der Waals surface area contributed by atoms with Gasteiger partial charge in [-0.15, -0.1) is 0 Å². The van der Waals surface area contributed by atoms with Gasteiger partial charge >= 0.3 is 0 Å². The molecule has 0 heterocycles. The van der Waals surface area contributed by atoms with Crippen LogP contribution < -0.4 is 0 Å². The molecule has 0 radical (unpaired) electrons. The first-order chi connectivity index (χ1) is 11.9. The monoisotopic (exact) mass is 348 g/mol. The fourth-order valence-electron chi connectivity index (χ4n) is 8.24. The van der Waals surface area contributed by atoms with Crippen LogP contribution in [0.3, 0.4) is 0 Å². The van der Waals surface area contributed by atoms with E-state index in [2.05, 4.69) is 6.92 Å². The fourth-order valence-corrected chi connectivity index (χ4v) is 8.24. The van der Waals surface area contributed by atoms with Gasteiger partial charge in [0.1, 0.15) is 5.78 Å². The van der Waals surface area contributed by atoms with Crippen molar-refractivity contribution in [3.05, 3.63) is 0 Å². The summed E-state index contributed by atoms with van der Waals surface area (Å²) in [6.45, 7) is 5.11. The third-order valence-corrected chi connectivity index (χ3v) is 9.24. The highest BCUT2D eigenvalue weighted by Crippen LogP contribution is 2.67. The van der Waals surface area contributed by atoms with Crippen LogP contribution in [0.4, 0.5) is 0 Å². The molecule has 0 bridgehead atoms. The van der Waals surface area contributed by atoms with E-state index < -0.39 is 0 Å². The summed E-state index contributed by atoms with van der Waals surface area (Å²) >= 11 is 0. The van der Waals surface area contributed by atoms with E-state index in [1.165, 1.54) is 32.1 Å². The second kappa shape index (κ2) is 6.34. The molecule has 4 aliphatic carbocycles. The molecule has 8 unspecified atom stereocenters. The molecule has 4 saturated carbocycles. The Bertz CT molecular complexity index is 531. The second-order valence-corrected chi connectivity index (χ2v) is 10.0. The Balaban J connectivity index is 1.64. The van der Waals surface area contributed by atoms with Crippen molar-refractivity contribution < 1.29 is 14.6 Å². The van der Waals surface area contributed by atoms with Crippen LogP contribution in [-0.2, 0) is 9.53 Å². The van der Waals surface area contributed by atoms with Crippen molar-refractivity contribution in [2.75, 3.05) is 13.7 Å². The zero-order chi connectivity index (χ0) is 17.8. The number of Topliss-reactive ketones (excluding diaryl/α,β-unsaturated/α-hetero) is 1. The van der Waals surface area contributed by atoms with Crippen LogP contribution in [0.2, 0.25) is 0 Å². The van der Waals surface area contributed by atoms with E-state index in [1.807, 2.05) is 14.0 Å². The smallest absolute Gasteiger partial charge is 0.133 e. The van der Waals surface area contributed by atoms with Crippen molar-refractivity contribution in [3.63, 3.8) is 0 Å². The van der Waals surface area contributed by atoms with Crippen molar-refractivity contribution in [2.45, 2.75) is 77.7 Å². The molecule has 3 heteroatoms. The van der Waals surface area contributed by atoms with Gasteiger partial charge in [0.2, 0.25) is 0 Å². The van der Waals surface area contributed by atoms with E-state index >= 15 is 0 Å². The lowest BCUT2D eigenvalue weighted by Crippen LogP contribution is -2.57. The first-order valence-corrected chi connectivity index (χ1v) is 10.6. The number of carbonyl (C=O) groups is 1. The van der Waals surface area contributed by atoms with Gasteiger partial charge in [-0.2, -0.15) is 0 Å². The van der Waals surface area contributed by atoms with Gasteiger partial charge in [-0.05, 0) is 99.2 Å². The molecule has 0 aliphatic heterocycles. The molecule has 8 atom stereocenters. The molecule has 0 aromatic rings. The molecule has 0 saturated heterocycles. The molecule has 4 fully saturated rings. The summed E-state index contributed by atoms with van der Waals surface area (Å²) in [6, 6.07) is 0. The highest BCUT2D eigenvalue weighted by molar-refractivity contribution is 5.79. The molecule has 0 spiro atoms. The van der Waals surface area contributed by atoms with Crippen LogP contribution in [0.5, 0.6) is 0 Å². The maximum Gasteiger partial charge on any atom is 0.133 e. The van der Waals surface area contributed by atoms with Crippen LogP contribution in [-0.4, -0.2) is 30.7 Å². The minimum Gasteiger partial charge on any atom is -0.393 e. The van der Waals surface area contributed by atoms with E-state index in [-0.39, 0.29) is 16.9 Å². The number of ketones is 1. The average Bonchev–Trinajstić information content (AvgIpc) is 2.93. The fraction of sp³-hybridized carbons (Fsp3) is 0.955. The van der Waals surface area contributed by atoms with Crippen molar-refractivity contribution in [1.29, 1.82) is 0 Å². The lowest BCUT2D eigenvalue weighted by Gasteiger charge is -2.61. The summed E-state index contributed by atoms with van der Waals surface area (Å²) in [5, 5.41) is 10.2. The van der Waals surface area contributed by atoms with Crippen molar-refractivity contribution >= 4 is 5.78 Å². The quantitative estimate of drug-likeness (QED) is 0.830. The third kappa shape index (κ3) is 2.56. The molecule has 4 aliphatic rings. The van der Waals surface area contributed by atoms with Crippen LogP contribution in [0.15, 0.2) is 0 Å². The minimum atomic E-state index is -0.103. The van der Waals surface area contributed by atoms with Crippen LogP contribution >= 0.6 is 0 Å². The zero-order valence-electron chi connectivity index (χ0n) is 16.3. The number of hydrogen-bond donors (Lipinski definition) is 1. The van der Waals surface area contributed by atoms with E-state index in [1.54, 1.807) is 0 Å². The highest BCUT2D eigenvalue weighted by Gasteiger charge is 2.62. The molecule has 25 heavy (non-hydrogen) atoms. The van der Waals surface area contributed by atoms with Gasteiger partial charge in [0, 0.05) is 13.0 Å². The number of fused-ring (bicyclic) bond motifs is 5. The normalized spacial score (nSPS) is 52.2. The Morgan fingerprint density at radius 1 is 1.08 bits per heavy atom. The van der Waals surface area contributed by atoms with Gasteiger partial charge in [-0.1, -0.05) is 6.92 Å². The summed E-state index contributed by atoms with van der Waals surface area (Å²) in [5.41, 5.74) is 0.523. The average molecular weight is 349 g/mol. The maximum absolute atomic E-state index is 12.2. The van der Waals surface area contributed by atoms with Gasteiger partial charge < -0.3 is 9.84 Å². The maximum atomic E-state index is 12.2. The van der Waals surface area contributed by atoms with E-state index in [0.717, 1.165) is 50.0 Å². The Morgan fingerprint density at radius 2 is 1.88 bits per heavy atom. The predicted octanol–water partition coefficient (Wildman–Crippen LogP) is 4.22. The predicted molar refractivity (Wildman–Crippen MR) is 98.1 cm³/mol. The number of aliphatic hydroxyl groups excluding tert-OH is 1. The Kier molecular flexibility index (Phi) is 4.56.